The summed E-state index contributed by atoms with van der Waals surface area (Å²) in [5, 5.41) is 0. The molecule has 0 radical (unpaired) electrons. The van der Waals surface area contributed by atoms with Crippen LogP contribution in [0.3, 0.4) is 0 Å². The monoisotopic (exact) mass is 287 g/mol. The fourth-order valence-corrected chi connectivity index (χ4v) is 2.49. The van der Waals surface area contributed by atoms with Crippen LogP contribution >= 0.6 is 0 Å². The van der Waals surface area contributed by atoms with Crippen LogP contribution in [0.1, 0.15) is 12.5 Å². The molecule has 0 atom stereocenters. The Kier molecular flexibility index (Phi) is 5.13. The lowest BCUT2D eigenvalue weighted by Gasteiger charge is -2.20. The third-order valence-electron chi connectivity index (χ3n) is 2.43. The number of hydrogen-bond donors (Lipinski definition) is 2. The molecule has 0 saturated carbocycles. The first kappa shape index (κ1) is 15.3. The Balaban J connectivity index is 2.83. The fraction of sp³-hybridized carbons (Fsp3) is 0.364. The summed E-state index contributed by atoms with van der Waals surface area (Å²) in [5.41, 5.74) is 6.92. The summed E-state index contributed by atoms with van der Waals surface area (Å²) in [6.07, 6.45) is -1.02. The second-order valence-electron chi connectivity index (χ2n) is 3.77. The Morgan fingerprint density at radius 1 is 1.37 bits per heavy atom. The molecule has 1 aromatic rings. The minimum atomic E-state index is -3.91. The van der Waals surface area contributed by atoms with E-state index in [1.807, 2.05) is 0 Å². The summed E-state index contributed by atoms with van der Waals surface area (Å²) in [7, 11) is -2.82. The van der Waals surface area contributed by atoms with Gasteiger partial charge in [0.25, 0.3) is 0 Å². The van der Waals surface area contributed by atoms with Gasteiger partial charge in [-0.3, -0.25) is 0 Å². The molecule has 0 aliphatic heterocycles. The van der Waals surface area contributed by atoms with E-state index in [4.69, 9.17) is 5.73 Å². The van der Waals surface area contributed by atoms with E-state index < -0.39 is 16.3 Å². The molecule has 0 fully saturated rings. The normalized spacial score (nSPS) is 11.3. The highest BCUT2D eigenvalue weighted by Crippen LogP contribution is 2.10. The topological polar surface area (TPSA) is 102 Å². The highest BCUT2D eigenvalue weighted by molar-refractivity contribution is 7.87. The zero-order valence-corrected chi connectivity index (χ0v) is 11.6. The van der Waals surface area contributed by atoms with Crippen molar-refractivity contribution in [2.24, 2.45) is 0 Å². The van der Waals surface area contributed by atoms with Crippen molar-refractivity contribution >= 4 is 22.0 Å². The number of anilines is 1. The van der Waals surface area contributed by atoms with Gasteiger partial charge in [0.05, 0.1) is 7.11 Å². The average Bonchev–Trinajstić information content (AvgIpc) is 2.37. The van der Waals surface area contributed by atoms with Crippen molar-refractivity contribution in [1.82, 2.24) is 9.03 Å². The Hall–Kier alpha value is -1.80. The van der Waals surface area contributed by atoms with Gasteiger partial charge in [0, 0.05) is 18.8 Å². The predicted octanol–water partition coefficient (Wildman–Crippen LogP) is 0.692. The van der Waals surface area contributed by atoms with Crippen LogP contribution in [0.15, 0.2) is 24.3 Å². The first-order chi connectivity index (χ1) is 8.89. The van der Waals surface area contributed by atoms with E-state index in [-0.39, 0.29) is 13.1 Å². The zero-order chi connectivity index (χ0) is 14.5. The van der Waals surface area contributed by atoms with Crippen molar-refractivity contribution in [2.75, 3.05) is 19.4 Å². The third-order valence-corrected chi connectivity index (χ3v) is 3.92. The Labute approximate surface area is 112 Å². The lowest BCUT2D eigenvalue weighted by Crippen LogP contribution is -2.43. The standard InChI is InChI=1S/C11H17N3O4S/c1-3-14(19(16,17)13-11(15)18-2)8-9-4-6-10(12)7-5-9/h4-7H,3,8,12H2,1-2H3,(H,13,15). The van der Waals surface area contributed by atoms with Gasteiger partial charge >= 0.3 is 16.3 Å². The first-order valence-corrected chi connectivity index (χ1v) is 7.03. The maximum atomic E-state index is 11.9. The lowest BCUT2D eigenvalue weighted by molar-refractivity contribution is 0.177. The van der Waals surface area contributed by atoms with Crippen molar-refractivity contribution in [1.29, 1.82) is 0 Å². The van der Waals surface area contributed by atoms with Crippen LogP contribution in [0.2, 0.25) is 0 Å². The van der Waals surface area contributed by atoms with E-state index in [1.165, 1.54) is 0 Å². The summed E-state index contributed by atoms with van der Waals surface area (Å²) in [4.78, 5) is 11.0. The third kappa shape index (κ3) is 4.42. The fourth-order valence-electron chi connectivity index (χ4n) is 1.40. The number of carbonyl (C=O) groups excluding carboxylic acids is 1. The van der Waals surface area contributed by atoms with Crippen molar-refractivity contribution < 1.29 is 17.9 Å². The van der Waals surface area contributed by atoms with Crippen LogP contribution in [0, 0.1) is 0 Å². The zero-order valence-electron chi connectivity index (χ0n) is 10.8. The molecule has 3 N–H and O–H groups in total. The van der Waals surface area contributed by atoms with E-state index in [0.29, 0.717) is 5.69 Å². The highest BCUT2D eigenvalue weighted by atomic mass is 32.2. The second-order valence-corrected chi connectivity index (χ2v) is 5.44. The Morgan fingerprint density at radius 2 is 1.95 bits per heavy atom. The van der Waals surface area contributed by atoms with Crippen LogP contribution in [-0.4, -0.2) is 32.5 Å². The van der Waals surface area contributed by atoms with Crippen molar-refractivity contribution in [3.05, 3.63) is 29.8 Å². The molecule has 106 valence electrons. The van der Waals surface area contributed by atoms with Gasteiger partial charge in [-0.1, -0.05) is 19.1 Å². The average molecular weight is 287 g/mol. The number of ether oxygens (including phenoxy) is 1. The van der Waals surface area contributed by atoms with E-state index in [1.54, 1.807) is 35.9 Å². The molecule has 1 amide bonds. The van der Waals surface area contributed by atoms with Crippen molar-refractivity contribution in [2.45, 2.75) is 13.5 Å². The summed E-state index contributed by atoms with van der Waals surface area (Å²) in [5.74, 6) is 0. The molecule has 0 aromatic heterocycles. The number of benzene rings is 1. The molecule has 0 spiro atoms. The molecule has 19 heavy (non-hydrogen) atoms. The van der Waals surface area contributed by atoms with E-state index in [9.17, 15) is 13.2 Å². The maximum Gasteiger partial charge on any atom is 0.421 e. The van der Waals surface area contributed by atoms with Gasteiger partial charge < -0.3 is 10.5 Å². The first-order valence-electron chi connectivity index (χ1n) is 5.59. The van der Waals surface area contributed by atoms with Crippen molar-refractivity contribution in [3.8, 4) is 0 Å². The number of nitrogens with zero attached hydrogens (tertiary/aromatic N) is 1. The Bertz CT molecular complexity index is 527. The molecule has 0 aliphatic carbocycles. The van der Waals surface area contributed by atoms with Crippen LogP contribution in [0.4, 0.5) is 10.5 Å². The number of hydrogen-bond acceptors (Lipinski definition) is 5. The number of rotatable bonds is 5. The van der Waals surface area contributed by atoms with Gasteiger partial charge in [0.1, 0.15) is 0 Å². The van der Waals surface area contributed by atoms with E-state index in [0.717, 1.165) is 17.0 Å². The number of nitrogens with one attached hydrogen (secondary N) is 1. The van der Waals surface area contributed by atoms with Gasteiger partial charge in [-0.25, -0.2) is 9.52 Å². The molecule has 1 aromatic carbocycles. The molecule has 1 rings (SSSR count). The highest BCUT2D eigenvalue weighted by Gasteiger charge is 2.23. The Morgan fingerprint density at radius 3 is 2.42 bits per heavy atom. The summed E-state index contributed by atoms with van der Waals surface area (Å²) in [6.45, 7) is 2.04. The minimum Gasteiger partial charge on any atom is -0.452 e. The van der Waals surface area contributed by atoms with Crippen LogP contribution in [0.5, 0.6) is 0 Å². The van der Waals surface area contributed by atoms with Crippen LogP contribution in [-0.2, 0) is 21.5 Å². The molecular weight excluding hydrogens is 270 g/mol. The minimum absolute atomic E-state index is 0.142. The molecule has 7 nitrogen and oxygen atoms in total. The quantitative estimate of drug-likeness (QED) is 0.776. The molecule has 0 heterocycles. The smallest absolute Gasteiger partial charge is 0.421 e. The summed E-state index contributed by atoms with van der Waals surface area (Å²) in [6, 6.07) is 6.82. The molecule has 0 unspecified atom stereocenters. The summed E-state index contributed by atoms with van der Waals surface area (Å²) >= 11 is 0. The van der Waals surface area contributed by atoms with E-state index >= 15 is 0 Å². The largest absolute Gasteiger partial charge is 0.452 e. The van der Waals surface area contributed by atoms with E-state index in [2.05, 4.69) is 4.74 Å². The number of amides is 1. The lowest BCUT2D eigenvalue weighted by atomic mass is 10.2. The SMILES string of the molecule is CCN(Cc1ccc(N)cc1)S(=O)(=O)NC(=O)OC. The van der Waals surface area contributed by atoms with Gasteiger partial charge in [0.15, 0.2) is 0 Å². The van der Waals surface area contributed by atoms with Gasteiger partial charge in [-0.2, -0.15) is 12.7 Å². The molecule has 0 saturated heterocycles. The van der Waals surface area contributed by atoms with Gasteiger partial charge in [-0.05, 0) is 17.7 Å². The number of nitrogens with two attached hydrogens (primary N) is 1. The van der Waals surface area contributed by atoms with Crippen LogP contribution in [0.25, 0.3) is 0 Å². The van der Waals surface area contributed by atoms with Crippen LogP contribution < -0.4 is 10.5 Å². The van der Waals surface area contributed by atoms with Gasteiger partial charge in [0.2, 0.25) is 0 Å². The molecule has 0 bridgehead atoms. The predicted molar refractivity (Wildman–Crippen MR) is 71.4 cm³/mol. The molecule has 0 aliphatic rings. The number of methoxy groups -OCH3 is 1. The molecular formula is C11H17N3O4S. The van der Waals surface area contributed by atoms with Crippen molar-refractivity contribution in [3.63, 3.8) is 0 Å². The maximum absolute atomic E-state index is 11.9. The summed E-state index contributed by atoms with van der Waals surface area (Å²) < 4.78 is 31.0. The number of carbonyl (C=O) groups is 1. The molecule has 8 heteroatoms. The second kappa shape index (κ2) is 6.39. The van der Waals surface area contributed by atoms with Gasteiger partial charge in [-0.15, -0.1) is 0 Å². The number of nitrogen functional groups attached to an aromatic ring is 1.